The van der Waals surface area contributed by atoms with E-state index in [1.165, 1.54) is 66.3 Å². The van der Waals surface area contributed by atoms with Crippen LogP contribution in [0.15, 0.2) is 255 Å². The van der Waals surface area contributed by atoms with Crippen molar-refractivity contribution in [1.82, 2.24) is 4.57 Å². The maximum Gasteiger partial charge on any atom is 0.0714 e. The molecule has 1 aliphatic carbocycles. The van der Waals surface area contributed by atoms with Crippen LogP contribution in [0.5, 0.6) is 0 Å². The van der Waals surface area contributed by atoms with E-state index in [0.717, 1.165) is 33.9 Å². The topological polar surface area (TPSA) is 8.17 Å². The molecule has 1 heterocycles. The summed E-state index contributed by atoms with van der Waals surface area (Å²) in [4.78, 5) is 2.46. The molecule has 2 heteroatoms. The molecule has 0 bridgehead atoms. The van der Waals surface area contributed by atoms with Crippen LogP contribution in [-0.2, 0) is 5.41 Å². The van der Waals surface area contributed by atoms with Gasteiger partial charge in [0.25, 0.3) is 0 Å². The number of anilines is 3. The number of hydrogen-bond donors (Lipinski definition) is 0. The first-order chi connectivity index (χ1) is 31.3. The van der Waals surface area contributed by atoms with Crippen LogP contribution in [0.2, 0.25) is 0 Å². The zero-order valence-electron chi connectivity index (χ0n) is 34.6. The fraction of sp³-hybridized carbons (Fsp3) is 0.0164. The van der Waals surface area contributed by atoms with Gasteiger partial charge in [0.05, 0.1) is 22.1 Å². The highest BCUT2D eigenvalue weighted by Crippen LogP contribution is 2.57. The summed E-state index contributed by atoms with van der Waals surface area (Å²) in [6, 6.07) is 93.4. The quantitative estimate of drug-likeness (QED) is 0.149. The fourth-order valence-electron chi connectivity index (χ4n) is 10.3. The number of benzene rings is 10. The molecular formula is C61H42N2. The average Bonchev–Trinajstić information content (AvgIpc) is 3.86. The highest BCUT2D eigenvalue weighted by Gasteiger charge is 2.46. The second kappa shape index (κ2) is 15.1. The largest absolute Gasteiger partial charge is 0.310 e. The van der Waals surface area contributed by atoms with Crippen molar-refractivity contribution in [1.29, 1.82) is 0 Å². The van der Waals surface area contributed by atoms with E-state index in [9.17, 15) is 0 Å². The molecule has 0 aliphatic heterocycles. The van der Waals surface area contributed by atoms with Gasteiger partial charge in [0.2, 0.25) is 0 Å². The van der Waals surface area contributed by atoms with Crippen LogP contribution in [0.1, 0.15) is 22.3 Å². The second-order valence-corrected chi connectivity index (χ2v) is 16.4. The Bertz CT molecular complexity index is 3390. The van der Waals surface area contributed by atoms with E-state index in [2.05, 4.69) is 264 Å². The first-order valence-electron chi connectivity index (χ1n) is 21.8. The summed E-state index contributed by atoms with van der Waals surface area (Å²) in [5.74, 6) is 0. The second-order valence-electron chi connectivity index (χ2n) is 16.4. The summed E-state index contributed by atoms with van der Waals surface area (Å²) in [5.41, 5.74) is 18.5. The Morgan fingerprint density at radius 2 is 0.889 bits per heavy atom. The maximum atomic E-state index is 2.47. The minimum Gasteiger partial charge on any atom is -0.310 e. The van der Waals surface area contributed by atoms with Gasteiger partial charge in [0.1, 0.15) is 0 Å². The monoisotopic (exact) mass is 802 g/mol. The summed E-state index contributed by atoms with van der Waals surface area (Å²) >= 11 is 0. The average molecular weight is 803 g/mol. The molecule has 0 N–H and O–H groups in total. The fourth-order valence-corrected chi connectivity index (χ4v) is 10.3. The molecule has 63 heavy (non-hydrogen) atoms. The van der Waals surface area contributed by atoms with Gasteiger partial charge in [-0.05, 0) is 111 Å². The van der Waals surface area contributed by atoms with Crippen LogP contribution >= 0.6 is 0 Å². The van der Waals surface area contributed by atoms with E-state index >= 15 is 0 Å². The third-order valence-corrected chi connectivity index (χ3v) is 13.1. The van der Waals surface area contributed by atoms with Crippen molar-refractivity contribution >= 4 is 38.9 Å². The van der Waals surface area contributed by atoms with Crippen LogP contribution in [-0.4, -0.2) is 4.57 Å². The zero-order chi connectivity index (χ0) is 41.7. The minimum absolute atomic E-state index is 0.525. The lowest BCUT2D eigenvalue weighted by molar-refractivity contribution is 0.768. The van der Waals surface area contributed by atoms with Crippen molar-refractivity contribution in [2.24, 2.45) is 0 Å². The highest BCUT2D eigenvalue weighted by molar-refractivity contribution is 6.10. The minimum atomic E-state index is -0.525. The number of rotatable bonds is 8. The lowest BCUT2D eigenvalue weighted by Gasteiger charge is -2.35. The SMILES string of the molecule is c1ccc(-c2ccc(N(c3ccccc3)c3ccc4c(c3)C(c3ccccc3)(c3ccccc3)c3ccccc3-4)c(-c3ccc4c5ccccc5n(-c5ccccc5)c4c3)c2)cc1. The molecule has 0 amide bonds. The number of para-hydroxylation sites is 3. The number of hydrogen-bond acceptors (Lipinski definition) is 1. The third kappa shape index (κ3) is 5.87. The lowest BCUT2D eigenvalue weighted by Crippen LogP contribution is -2.28. The summed E-state index contributed by atoms with van der Waals surface area (Å²) in [6.45, 7) is 0. The van der Waals surface area contributed by atoms with Crippen LogP contribution in [0, 0.1) is 0 Å². The molecule has 12 rings (SSSR count). The van der Waals surface area contributed by atoms with Gasteiger partial charge in [0.15, 0.2) is 0 Å². The Balaban J connectivity index is 1.13. The maximum absolute atomic E-state index is 2.47. The van der Waals surface area contributed by atoms with Crippen LogP contribution in [0.4, 0.5) is 17.1 Å². The van der Waals surface area contributed by atoms with Crippen LogP contribution in [0.3, 0.4) is 0 Å². The van der Waals surface area contributed by atoms with E-state index < -0.39 is 5.41 Å². The highest BCUT2D eigenvalue weighted by atomic mass is 15.1. The molecule has 0 unspecified atom stereocenters. The molecule has 2 nitrogen and oxygen atoms in total. The molecule has 10 aromatic carbocycles. The number of nitrogens with zero attached hydrogens (tertiary/aromatic N) is 2. The van der Waals surface area contributed by atoms with Crippen LogP contribution in [0.25, 0.3) is 60.9 Å². The first kappa shape index (κ1) is 36.6. The standard InChI is InChI=1S/C61H42N2/c1-6-20-43(21-7-1)44-35-39-59(55(40-44)45-34-37-54-53-31-17-19-33-58(53)63(60(54)41-45)49-28-14-5-15-29-49)62(48-26-12-4-13-27-48)50-36-38-52-51-30-16-18-32-56(51)61(57(52)42-50,46-22-8-2-9-23-46)47-24-10-3-11-25-47/h1-42H. The van der Waals surface area contributed by atoms with Gasteiger partial charge in [-0.3, -0.25) is 0 Å². The predicted molar refractivity (Wildman–Crippen MR) is 264 cm³/mol. The van der Waals surface area contributed by atoms with Crippen molar-refractivity contribution in [3.05, 3.63) is 277 Å². The Morgan fingerprint density at radius 3 is 1.62 bits per heavy atom. The molecule has 296 valence electrons. The molecule has 11 aromatic rings. The summed E-state index contributed by atoms with van der Waals surface area (Å²) in [6.07, 6.45) is 0. The van der Waals surface area contributed by atoms with Gasteiger partial charge in [0, 0.05) is 33.4 Å². The molecule has 0 saturated heterocycles. The van der Waals surface area contributed by atoms with Gasteiger partial charge in [-0.15, -0.1) is 0 Å². The summed E-state index contributed by atoms with van der Waals surface area (Å²) in [5, 5.41) is 2.47. The molecule has 0 spiro atoms. The van der Waals surface area contributed by atoms with E-state index in [1.54, 1.807) is 0 Å². The van der Waals surface area contributed by atoms with Gasteiger partial charge in [-0.1, -0.05) is 194 Å². The molecule has 0 saturated carbocycles. The summed E-state index contributed by atoms with van der Waals surface area (Å²) < 4.78 is 2.41. The van der Waals surface area contributed by atoms with E-state index in [4.69, 9.17) is 0 Å². The van der Waals surface area contributed by atoms with Crippen LogP contribution < -0.4 is 4.90 Å². The zero-order valence-corrected chi connectivity index (χ0v) is 34.6. The van der Waals surface area contributed by atoms with Gasteiger partial charge < -0.3 is 9.47 Å². The normalized spacial score (nSPS) is 12.6. The molecule has 1 aromatic heterocycles. The Morgan fingerprint density at radius 1 is 0.317 bits per heavy atom. The smallest absolute Gasteiger partial charge is 0.0714 e. The predicted octanol–water partition coefficient (Wildman–Crippen LogP) is 16.0. The molecule has 0 radical (unpaired) electrons. The van der Waals surface area contributed by atoms with E-state index in [0.29, 0.717) is 0 Å². The number of aromatic nitrogens is 1. The van der Waals surface area contributed by atoms with E-state index in [1.807, 2.05) is 0 Å². The Labute approximate surface area is 368 Å². The van der Waals surface area contributed by atoms with Gasteiger partial charge in [-0.2, -0.15) is 0 Å². The number of fused-ring (bicyclic) bond motifs is 6. The molecule has 0 atom stereocenters. The first-order valence-corrected chi connectivity index (χ1v) is 21.8. The van der Waals surface area contributed by atoms with Crippen molar-refractivity contribution in [3.8, 4) is 39.1 Å². The molecule has 0 fully saturated rings. The van der Waals surface area contributed by atoms with Crippen molar-refractivity contribution < 1.29 is 0 Å². The van der Waals surface area contributed by atoms with Crippen molar-refractivity contribution in [3.63, 3.8) is 0 Å². The third-order valence-electron chi connectivity index (χ3n) is 13.1. The van der Waals surface area contributed by atoms with Gasteiger partial charge in [-0.25, -0.2) is 0 Å². The summed E-state index contributed by atoms with van der Waals surface area (Å²) in [7, 11) is 0. The Kier molecular flexibility index (Phi) is 8.76. The van der Waals surface area contributed by atoms with Crippen molar-refractivity contribution in [2.75, 3.05) is 4.90 Å². The Hall–Kier alpha value is -8.20. The van der Waals surface area contributed by atoms with E-state index in [-0.39, 0.29) is 0 Å². The van der Waals surface area contributed by atoms with Gasteiger partial charge >= 0.3 is 0 Å². The van der Waals surface area contributed by atoms with Crippen molar-refractivity contribution in [2.45, 2.75) is 5.41 Å². The lowest BCUT2D eigenvalue weighted by atomic mass is 9.67. The molecule has 1 aliphatic rings. The molecular weight excluding hydrogens is 761 g/mol.